The van der Waals surface area contributed by atoms with Crippen molar-refractivity contribution in [1.29, 1.82) is 0 Å². The Labute approximate surface area is 172 Å². The molecule has 6 heteroatoms. The number of rotatable bonds is 7. The highest BCUT2D eigenvalue weighted by Crippen LogP contribution is 2.22. The number of hydrogen-bond donors (Lipinski definition) is 4. The van der Waals surface area contributed by atoms with Crippen LogP contribution >= 0.6 is 0 Å². The summed E-state index contributed by atoms with van der Waals surface area (Å²) in [4.78, 5) is 20.4. The summed E-state index contributed by atoms with van der Waals surface area (Å²) >= 11 is 0. The average molecular weight is 405 g/mol. The molecule has 0 amide bonds. The first-order chi connectivity index (χ1) is 13.8. The zero-order valence-corrected chi connectivity index (χ0v) is 17.2. The van der Waals surface area contributed by atoms with Gasteiger partial charge in [-0.25, -0.2) is 9.59 Å². The minimum absolute atomic E-state index is 0.194. The van der Waals surface area contributed by atoms with E-state index in [9.17, 15) is 14.7 Å². The van der Waals surface area contributed by atoms with Crippen molar-refractivity contribution in [3.05, 3.63) is 71.8 Å². The van der Waals surface area contributed by atoms with Crippen LogP contribution < -0.4 is 0 Å². The third-order valence-electron chi connectivity index (χ3n) is 4.50. The Morgan fingerprint density at radius 3 is 1.31 bits per heavy atom. The van der Waals surface area contributed by atoms with Crippen LogP contribution in [-0.2, 0) is 0 Å². The van der Waals surface area contributed by atoms with Crippen LogP contribution in [0.3, 0.4) is 0 Å². The molecule has 3 unspecified atom stereocenters. The summed E-state index contributed by atoms with van der Waals surface area (Å²) in [5.41, 5.74) is 0.662. The van der Waals surface area contributed by atoms with Gasteiger partial charge in [-0.3, -0.25) is 0 Å². The summed E-state index contributed by atoms with van der Waals surface area (Å²) in [5.74, 6) is -1.24. The van der Waals surface area contributed by atoms with E-state index < -0.39 is 11.9 Å². The number of carbonyl (C=O) groups is 2. The van der Waals surface area contributed by atoms with Crippen LogP contribution in [0.25, 0.3) is 0 Å². The molecule has 29 heavy (non-hydrogen) atoms. The highest BCUT2D eigenvalue weighted by atomic mass is 16.4. The fourth-order valence-corrected chi connectivity index (χ4v) is 2.80. The lowest BCUT2D eigenvalue weighted by Gasteiger charge is -2.25. The second-order valence-electron chi connectivity index (χ2n) is 6.51. The molecule has 0 saturated carbocycles. The number of aliphatic hydroxyl groups excluding tert-OH is 2. The molecule has 0 saturated heterocycles. The molecule has 6 nitrogen and oxygen atoms in total. The van der Waals surface area contributed by atoms with E-state index in [1.165, 1.54) is 0 Å². The molecule has 2 rings (SSSR count). The van der Waals surface area contributed by atoms with Crippen LogP contribution in [0.2, 0.25) is 0 Å². The number of hydrogen-bond acceptors (Lipinski definition) is 4. The van der Waals surface area contributed by atoms with Crippen molar-refractivity contribution in [3.8, 4) is 0 Å². The second kappa shape index (κ2) is 15.2. The molecule has 0 radical (unpaired) electrons. The molecule has 0 aliphatic rings. The van der Waals surface area contributed by atoms with Gasteiger partial charge >= 0.3 is 11.9 Å². The highest BCUT2D eigenvalue weighted by Gasteiger charge is 2.21. The van der Waals surface area contributed by atoms with Crippen LogP contribution in [0.15, 0.2) is 60.7 Å². The normalized spacial score (nSPS) is 12.9. The van der Waals surface area contributed by atoms with E-state index in [1.54, 1.807) is 67.6 Å². The monoisotopic (exact) mass is 404 g/mol. The average Bonchev–Trinajstić information content (AvgIpc) is 2.73. The number of carboxylic acids is 2. The summed E-state index contributed by atoms with van der Waals surface area (Å²) < 4.78 is 0. The van der Waals surface area contributed by atoms with E-state index in [0.717, 1.165) is 12.8 Å². The first kappa shape index (κ1) is 26.3. The van der Waals surface area contributed by atoms with Crippen LogP contribution in [0.4, 0.5) is 0 Å². The molecule has 0 bridgehead atoms. The standard InChI is InChI=1S/C9H20O2.2C7H6O2/c1-4-8(6-10)9(5-2)7(3)11;2*8-7(9)6-4-2-1-3-5-6/h7-11H,4-6H2,1-3H3;2*1-5H,(H,8,9). The predicted molar refractivity (Wildman–Crippen MR) is 113 cm³/mol. The van der Waals surface area contributed by atoms with Crippen molar-refractivity contribution in [2.75, 3.05) is 6.61 Å². The van der Waals surface area contributed by atoms with E-state index in [2.05, 4.69) is 6.92 Å². The topological polar surface area (TPSA) is 115 Å². The lowest BCUT2D eigenvalue weighted by Crippen LogP contribution is -2.27. The molecule has 4 N–H and O–H groups in total. The second-order valence-corrected chi connectivity index (χ2v) is 6.51. The molecule has 0 aliphatic heterocycles. The van der Waals surface area contributed by atoms with Gasteiger partial charge < -0.3 is 20.4 Å². The van der Waals surface area contributed by atoms with Gasteiger partial charge in [-0.05, 0) is 43.0 Å². The lowest BCUT2D eigenvalue weighted by atomic mass is 9.85. The molecular weight excluding hydrogens is 372 g/mol. The zero-order chi connectivity index (χ0) is 22.2. The van der Waals surface area contributed by atoms with Gasteiger partial charge in [0.1, 0.15) is 0 Å². The van der Waals surface area contributed by atoms with Gasteiger partial charge in [0.25, 0.3) is 0 Å². The smallest absolute Gasteiger partial charge is 0.335 e. The van der Waals surface area contributed by atoms with Crippen molar-refractivity contribution in [1.82, 2.24) is 0 Å². The summed E-state index contributed by atoms with van der Waals surface area (Å²) in [6.07, 6.45) is 1.59. The van der Waals surface area contributed by atoms with Gasteiger partial charge in [-0.2, -0.15) is 0 Å². The van der Waals surface area contributed by atoms with Crippen LogP contribution in [0.5, 0.6) is 0 Å². The van der Waals surface area contributed by atoms with Crippen molar-refractivity contribution in [2.45, 2.75) is 39.7 Å². The van der Waals surface area contributed by atoms with Crippen molar-refractivity contribution >= 4 is 11.9 Å². The molecule has 2 aromatic carbocycles. The van der Waals surface area contributed by atoms with Gasteiger partial charge in [-0.1, -0.05) is 63.1 Å². The Hall–Kier alpha value is -2.70. The summed E-state index contributed by atoms with van der Waals surface area (Å²) in [6, 6.07) is 16.6. The predicted octanol–water partition coefficient (Wildman–Crippen LogP) is 4.18. The summed E-state index contributed by atoms with van der Waals surface area (Å²) in [6.45, 7) is 6.09. The minimum Gasteiger partial charge on any atom is -0.478 e. The molecule has 0 aliphatic carbocycles. The molecule has 2 aromatic rings. The van der Waals surface area contributed by atoms with Crippen molar-refractivity contribution < 1.29 is 30.0 Å². The number of aromatic carboxylic acids is 2. The van der Waals surface area contributed by atoms with E-state index in [0.29, 0.717) is 11.1 Å². The van der Waals surface area contributed by atoms with E-state index in [1.807, 2.05) is 6.92 Å². The number of aliphatic hydroxyl groups is 2. The first-order valence-corrected chi connectivity index (χ1v) is 9.63. The van der Waals surface area contributed by atoms with Crippen LogP contribution in [0.1, 0.15) is 54.3 Å². The summed E-state index contributed by atoms with van der Waals surface area (Å²) in [7, 11) is 0. The lowest BCUT2D eigenvalue weighted by molar-refractivity contribution is 0.0559. The molecule has 0 fully saturated rings. The van der Waals surface area contributed by atoms with Crippen LogP contribution in [-0.4, -0.2) is 45.1 Å². The molecular formula is C23H32O6. The van der Waals surface area contributed by atoms with E-state index >= 15 is 0 Å². The van der Waals surface area contributed by atoms with Gasteiger partial charge in [0.05, 0.1) is 17.2 Å². The van der Waals surface area contributed by atoms with Crippen LogP contribution in [0, 0.1) is 11.8 Å². The Bertz CT molecular complexity index is 632. The minimum atomic E-state index is -0.879. The maximum Gasteiger partial charge on any atom is 0.335 e. The molecule has 0 aromatic heterocycles. The first-order valence-electron chi connectivity index (χ1n) is 9.63. The molecule has 0 heterocycles. The fourth-order valence-electron chi connectivity index (χ4n) is 2.80. The molecule has 160 valence electrons. The Morgan fingerprint density at radius 2 is 1.17 bits per heavy atom. The maximum atomic E-state index is 10.2. The molecule has 0 spiro atoms. The Kier molecular flexibility index (Phi) is 13.8. The molecule has 3 atom stereocenters. The highest BCUT2D eigenvalue weighted by molar-refractivity contribution is 5.87. The summed E-state index contributed by atoms with van der Waals surface area (Å²) in [5, 5.41) is 35.1. The SMILES string of the molecule is CCC(CO)C(CC)C(C)O.O=C(O)c1ccccc1.O=C(O)c1ccccc1. The third kappa shape index (κ3) is 11.0. The Morgan fingerprint density at radius 1 is 0.793 bits per heavy atom. The van der Waals surface area contributed by atoms with Gasteiger partial charge in [-0.15, -0.1) is 0 Å². The van der Waals surface area contributed by atoms with Crippen molar-refractivity contribution in [3.63, 3.8) is 0 Å². The van der Waals surface area contributed by atoms with E-state index in [4.69, 9.17) is 15.3 Å². The number of benzene rings is 2. The quantitative estimate of drug-likeness (QED) is 0.550. The largest absolute Gasteiger partial charge is 0.478 e. The zero-order valence-electron chi connectivity index (χ0n) is 17.2. The third-order valence-corrected chi connectivity index (χ3v) is 4.50. The Balaban J connectivity index is 0.000000408. The van der Waals surface area contributed by atoms with Gasteiger partial charge in [0.2, 0.25) is 0 Å². The van der Waals surface area contributed by atoms with Gasteiger partial charge in [0.15, 0.2) is 0 Å². The number of carboxylic acid groups (broad SMARTS) is 2. The van der Waals surface area contributed by atoms with E-state index in [-0.39, 0.29) is 24.5 Å². The fraction of sp³-hybridized carbons (Fsp3) is 0.391. The van der Waals surface area contributed by atoms with Gasteiger partial charge in [0, 0.05) is 6.61 Å². The maximum absolute atomic E-state index is 10.2. The van der Waals surface area contributed by atoms with Crippen molar-refractivity contribution in [2.24, 2.45) is 11.8 Å².